The van der Waals surface area contributed by atoms with E-state index in [1.165, 1.54) is 196 Å². The summed E-state index contributed by atoms with van der Waals surface area (Å²) in [5.41, 5.74) is 35.9. The Bertz CT molecular complexity index is 4650. The van der Waals surface area contributed by atoms with Crippen LogP contribution in [0.1, 0.15) is 251 Å². The second-order valence-corrected chi connectivity index (χ2v) is 42.1. The second kappa shape index (κ2) is 37.1. The van der Waals surface area contributed by atoms with Crippen molar-refractivity contribution in [2.45, 2.75) is 259 Å². The zero-order valence-electron chi connectivity index (χ0n) is 74.4. The van der Waals surface area contributed by atoms with E-state index in [0.29, 0.717) is 102 Å². The first-order valence-electron chi connectivity index (χ1n) is 45.5. The number of aliphatic hydroxyl groups is 1. The predicted octanol–water partition coefficient (Wildman–Crippen LogP) is 5.79. The van der Waals surface area contributed by atoms with Gasteiger partial charge in [0.15, 0.2) is 0 Å². The molecular formula is C99H142I5N9O8. The zero-order chi connectivity index (χ0) is 84.5. The second-order valence-electron chi connectivity index (χ2n) is 42.1. The number of phenols is 3. The Balaban J connectivity index is 0.000000137. The molecule has 22 heteroatoms. The third-order valence-electron chi connectivity index (χ3n) is 35.1. The van der Waals surface area contributed by atoms with Crippen molar-refractivity contribution in [3.8, 4) is 17.2 Å². The van der Waals surface area contributed by atoms with Crippen LogP contribution in [-0.4, -0.2) is 199 Å². The molecule has 0 aromatic heterocycles. The highest BCUT2D eigenvalue weighted by Crippen LogP contribution is 2.63. The molecule has 11 aliphatic carbocycles. The van der Waals surface area contributed by atoms with Crippen LogP contribution in [0.2, 0.25) is 0 Å². The van der Waals surface area contributed by atoms with Gasteiger partial charge in [0.2, 0.25) is 11.8 Å². The molecule has 16 aliphatic rings. The number of ketones is 1. The van der Waals surface area contributed by atoms with E-state index in [-0.39, 0.29) is 135 Å². The van der Waals surface area contributed by atoms with E-state index >= 15 is 0 Å². The molecule has 10 bridgehead atoms. The summed E-state index contributed by atoms with van der Waals surface area (Å²) in [5, 5.41) is 42.9. The maximum absolute atomic E-state index is 12.6. The number of carbonyl (C=O) groups is 4. The molecule has 0 spiro atoms. The van der Waals surface area contributed by atoms with Gasteiger partial charge in [-0.25, -0.2) is 0 Å². The van der Waals surface area contributed by atoms with Crippen LogP contribution in [0.4, 0.5) is 0 Å². The van der Waals surface area contributed by atoms with Gasteiger partial charge in [-0.05, 0) is 258 Å². The first kappa shape index (κ1) is 97.0. The molecule has 21 rings (SSSR count). The van der Waals surface area contributed by atoms with Gasteiger partial charge in [0.05, 0.1) is 83.6 Å². The highest BCUT2D eigenvalue weighted by Gasteiger charge is 2.71. The van der Waals surface area contributed by atoms with Crippen LogP contribution in [-0.2, 0) is 64.1 Å². The van der Waals surface area contributed by atoms with Crippen molar-refractivity contribution >= 4 is 68.7 Å². The van der Waals surface area contributed by atoms with Gasteiger partial charge >= 0.3 is 0 Å². The lowest BCUT2D eigenvalue weighted by Crippen LogP contribution is -3.00. The van der Waals surface area contributed by atoms with E-state index in [2.05, 4.69) is 161 Å². The fourth-order valence-corrected chi connectivity index (χ4v) is 26.4. The SMILES string of the molecule is CC1C2Cc3ccc(C(N)=O)cc3[C@@]1(C)CCN2CC1CC1.CC1C2Cc3ccc(C(N)=O)cc3[C@@]1(C)CC[N+]2(C)CC1CC1.CC1C2Cc3ccc(O)cc3[C@@]1(C)CCN2CC1CC1.CC1C2Cc3ccc(O)cc3[C@@]1(N)CC[N+]2(C)CC1CC1.CI.CI.C[N+]1(CC2CC2)CC[C@]23CC(=O)CC[C@@]2(O)[C@H]1Cc1ccc(C(N)=O)c(O)c13.[I-].[I-].[I-]. The van der Waals surface area contributed by atoms with Gasteiger partial charge in [-0.1, -0.05) is 124 Å². The summed E-state index contributed by atoms with van der Waals surface area (Å²) in [6.07, 6.45) is 25.5. The van der Waals surface area contributed by atoms with Gasteiger partial charge in [0.25, 0.3) is 5.91 Å². The fraction of sp³-hybridized carbons (Fsp3) is 0.657. The molecule has 11 fully saturated rings. The van der Waals surface area contributed by atoms with Crippen molar-refractivity contribution in [1.82, 2.24) is 9.80 Å². The van der Waals surface area contributed by atoms with Gasteiger partial charge in [0.1, 0.15) is 34.7 Å². The van der Waals surface area contributed by atoms with Crippen LogP contribution < -0.4 is 94.9 Å². The number of phenolic OH excluding ortho intramolecular Hbond substituents is 2. The number of benzene rings is 5. The number of nitrogens with zero attached hydrogens (tertiary/aromatic N) is 5. The third kappa shape index (κ3) is 18.3. The summed E-state index contributed by atoms with van der Waals surface area (Å²) in [6, 6.07) is 30.3. The topological polar surface area (TPSA) is 260 Å². The molecule has 5 aromatic rings. The van der Waals surface area contributed by atoms with Crippen LogP contribution in [0.25, 0.3) is 0 Å². The number of rotatable bonds is 13. The molecule has 17 nitrogen and oxygen atoms in total. The number of quaternary nitrogens is 3. The van der Waals surface area contributed by atoms with Gasteiger partial charge in [0, 0.05) is 134 Å². The summed E-state index contributed by atoms with van der Waals surface area (Å²) in [4.78, 5) is 57.0. The lowest BCUT2D eigenvalue weighted by Gasteiger charge is -2.65. The van der Waals surface area contributed by atoms with Crippen LogP contribution in [0.3, 0.4) is 0 Å². The highest BCUT2D eigenvalue weighted by molar-refractivity contribution is 14.1. The molecule has 6 saturated carbocycles. The average molecular weight is 2220 g/mol. The minimum absolute atomic E-state index is 0. The number of primary amides is 3. The number of aromatic hydroxyl groups is 3. The van der Waals surface area contributed by atoms with Gasteiger partial charge in [-0.2, -0.15) is 0 Å². The van der Waals surface area contributed by atoms with E-state index < -0.39 is 16.9 Å². The van der Waals surface area contributed by atoms with Crippen molar-refractivity contribution in [3.05, 3.63) is 157 Å². The van der Waals surface area contributed by atoms with E-state index in [0.717, 1.165) is 78.4 Å². The normalized spacial score (nSPS) is 36.1. The van der Waals surface area contributed by atoms with Gasteiger partial charge < -0.3 is 129 Å². The molecule has 121 heavy (non-hydrogen) atoms. The summed E-state index contributed by atoms with van der Waals surface area (Å²) in [7, 11) is 7.19. The summed E-state index contributed by atoms with van der Waals surface area (Å²) in [5.74, 6) is 6.50. The molecule has 5 saturated heterocycles. The van der Waals surface area contributed by atoms with Crippen LogP contribution in [0, 0.1) is 53.3 Å². The Hall–Kier alpha value is -3.05. The molecule has 11 unspecified atom stereocenters. The van der Waals surface area contributed by atoms with Crippen LogP contribution in [0.5, 0.6) is 17.2 Å². The number of amides is 3. The predicted molar refractivity (Wildman–Crippen MR) is 488 cm³/mol. The number of hydrogen-bond acceptors (Lipinski definition) is 11. The first-order valence-corrected chi connectivity index (χ1v) is 49.8. The molecule has 0 radical (unpaired) electrons. The van der Waals surface area contributed by atoms with Crippen molar-refractivity contribution in [2.24, 2.45) is 76.2 Å². The number of Topliss-reactive ketones (excluding diaryl/α,β-unsaturated/α-hetero) is 1. The highest BCUT2D eigenvalue weighted by atomic mass is 127. The van der Waals surface area contributed by atoms with Gasteiger partial charge in [-0.15, -0.1) is 0 Å². The summed E-state index contributed by atoms with van der Waals surface area (Å²) >= 11 is 4.30. The number of likely N-dealkylation sites (tertiary alicyclic amines) is 5. The molecule has 5 heterocycles. The van der Waals surface area contributed by atoms with Crippen molar-refractivity contribution in [3.63, 3.8) is 0 Å². The summed E-state index contributed by atoms with van der Waals surface area (Å²) < 4.78 is 3.28. The van der Waals surface area contributed by atoms with Crippen molar-refractivity contribution in [1.29, 1.82) is 0 Å². The standard InChI is InChI=1S/C22H28N2O4.C20H28N2O.C19H26N2O.C18H26N2O.C18H25NO.2CH3I.3HI/c1-24(12-13-2-3-13)9-8-21-11-15(25)6-7-22(21,28)17(24)10-14-4-5-16(20(23)27)19(26)18(14)21;1-13-18-11-15-6-7-16(19(21)23)10-17(15)20(13,2)8-9-22(18,3)12-14-4-5-14;1-12-17-10-14-5-6-15(18(20)22)9-16(14)19(12,2)7-8-21(17)11-13-3-4-13;1-12-17-9-14-5-6-15(21)10-16(14)18(12,19)7-8-20(17,2)11-13-3-4-13;1-12-17-9-14-5-6-15(20)10-16(14)18(12,2)7-8-19(17)11-13-3-4-13;2*1-2;;;/h4-5,13,17,28H,2-3,6-12H2,1H3,(H2-,23,26,27);6-7,10,13-14,18H,4-5,8-9,11-12H2,1-3H3,(H-,21,23);5-6,9,12-13,17H,3-4,7-8,10-11H2,1-2H3,(H2,20,22);5-6,10,12-13,17H,3-4,7-9,11,19H2,1-2H3;5-6,10,12-13,17,20H,3-4,7-9,11H2,1-2H3;2*1H3;3*1H/t17-,21-,22-,24?;13?,18?,20-,22?;12?,17?,19-;12?,17?,18-,20?;12?,17?,18-;;;;;/m10010...../s1. The number of hydrogen-bond donors (Lipinski definition) is 8. The van der Waals surface area contributed by atoms with E-state index in [1.807, 2.05) is 52.3 Å². The first-order chi connectivity index (χ1) is 56.0. The number of nitrogens with two attached hydrogens (primary N) is 4. The Kier molecular flexibility index (Phi) is 29.7. The minimum Gasteiger partial charge on any atom is -1.00 e. The number of alkyl halides is 2. The lowest BCUT2D eigenvalue weighted by atomic mass is 9.48. The Morgan fingerprint density at radius 2 is 0.860 bits per heavy atom. The monoisotopic (exact) mass is 2220 g/mol. The van der Waals surface area contributed by atoms with Gasteiger partial charge in [-0.3, -0.25) is 29.0 Å². The van der Waals surface area contributed by atoms with E-state index in [9.17, 15) is 39.6 Å². The number of piperidine rings is 5. The number of likely N-dealkylation sites (N-methyl/N-ethyl adjacent to an activating group) is 3. The van der Waals surface area contributed by atoms with Crippen LogP contribution >= 0.6 is 45.2 Å². The number of fused-ring (bicyclic) bond motifs is 17. The summed E-state index contributed by atoms with van der Waals surface area (Å²) in [6.45, 7) is 28.9. The van der Waals surface area contributed by atoms with E-state index in [4.69, 9.17) is 22.9 Å². The fourth-order valence-electron chi connectivity index (χ4n) is 26.4. The number of carbonyl (C=O) groups excluding carboxylic acids is 4. The number of halogens is 5. The Labute approximate surface area is 801 Å². The molecular weight excluding hydrogens is 2080 g/mol. The molecule has 5 aliphatic heterocycles. The zero-order valence-corrected chi connectivity index (χ0v) is 85.1. The average Bonchev–Trinajstić information content (AvgIpc) is 0.878. The quantitative estimate of drug-likeness (QED) is 0.0398. The van der Waals surface area contributed by atoms with Crippen molar-refractivity contribution < 1.29 is 125 Å². The molecule has 12 N–H and O–H groups in total. The van der Waals surface area contributed by atoms with E-state index in [1.54, 1.807) is 6.07 Å². The Morgan fingerprint density at radius 1 is 0.463 bits per heavy atom. The minimum atomic E-state index is -1.05. The Morgan fingerprint density at radius 3 is 1.32 bits per heavy atom. The molecule has 3 amide bonds. The smallest absolute Gasteiger partial charge is 0.252 e. The third-order valence-corrected chi connectivity index (χ3v) is 35.1. The van der Waals surface area contributed by atoms with Crippen molar-refractivity contribution in [2.75, 3.05) is 96.5 Å². The maximum atomic E-state index is 12.6. The molecule has 18 atom stereocenters. The largest absolute Gasteiger partial charge is 1.00 e. The van der Waals surface area contributed by atoms with Crippen LogP contribution in [0.15, 0.2) is 84.9 Å². The maximum Gasteiger partial charge on any atom is 0.252 e. The lowest BCUT2D eigenvalue weighted by molar-refractivity contribution is -0.950. The molecule has 666 valence electrons. The molecule has 5 aromatic carbocycles.